The first-order valence-corrected chi connectivity index (χ1v) is 20.4. The van der Waals surface area contributed by atoms with Crippen LogP contribution in [-0.4, -0.2) is 151 Å². The van der Waals surface area contributed by atoms with Crippen LogP contribution in [0.25, 0.3) is 0 Å². The number of aliphatic hydroxyl groups excluding tert-OH is 2. The van der Waals surface area contributed by atoms with Crippen LogP contribution in [0.4, 0.5) is 0 Å². The second-order valence-corrected chi connectivity index (χ2v) is 16.9. The number of carbonyl (C=O) groups excluding carboxylic acids is 4. The van der Waals surface area contributed by atoms with Gasteiger partial charge >= 0.3 is 17.9 Å². The maximum Gasteiger partial charge on any atom is 0.310 e. The SMILES string of the molecule is COC1C(OC(C)=O)CC(=O)OC(C)/C=C/C=C\CC(O)C(C)CC(CC=O)C1OC1OC(C)C(OC2CC(C)(O)C(OC(=O)CC(C)C)C(C)O2)C(N(C)C)C1O. The van der Waals surface area contributed by atoms with Crippen molar-refractivity contribution in [1.29, 1.82) is 0 Å². The smallest absolute Gasteiger partial charge is 0.310 e. The molecule has 3 N–H and O–H groups in total. The molecule has 0 aliphatic carbocycles. The number of hydrogen-bond acceptors (Lipinski definition) is 16. The first kappa shape index (κ1) is 49.6. The topological polar surface area (TPSA) is 206 Å². The normalized spacial score (nSPS) is 40.7. The maximum atomic E-state index is 13.2. The van der Waals surface area contributed by atoms with E-state index in [1.165, 1.54) is 14.0 Å². The fourth-order valence-electron chi connectivity index (χ4n) is 8.10. The van der Waals surface area contributed by atoms with Crippen molar-refractivity contribution in [3.8, 4) is 0 Å². The van der Waals surface area contributed by atoms with Gasteiger partial charge in [0.05, 0.1) is 36.9 Å². The van der Waals surface area contributed by atoms with Crippen molar-refractivity contribution >= 4 is 24.2 Å². The lowest BCUT2D eigenvalue weighted by Gasteiger charge is -2.50. The van der Waals surface area contributed by atoms with Crippen LogP contribution >= 0.6 is 0 Å². The fourth-order valence-corrected chi connectivity index (χ4v) is 8.10. The number of cyclic esters (lactones) is 1. The minimum absolute atomic E-state index is 0.0454. The number of nitrogens with zero attached hydrogens (tertiary/aromatic N) is 1. The minimum atomic E-state index is -1.50. The molecule has 16 atom stereocenters. The van der Waals surface area contributed by atoms with Crippen LogP contribution in [0.3, 0.4) is 0 Å². The van der Waals surface area contributed by atoms with Crippen LogP contribution < -0.4 is 0 Å². The van der Waals surface area contributed by atoms with E-state index in [2.05, 4.69) is 0 Å². The molecule has 0 bridgehead atoms. The summed E-state index contributed by atoms with van der Waals surface area (Å²) in [5, 5.41) is 34.6. The molecule has 0 radical (unpaired) electrons. The standard InChI is InChI=1S/C42H69NO15/c1-23(2)19-32(47)56-40-27(6)53-34(22-42(40,8)50)57-37-26(5)54-41(36(49)35(37)43(9)10)58-38-29(17-18-44)20-24(3)30(46)16-14-12-13-15-25(4)52-33(48)21-31(39(38)51-11)55-28(7)45/h12-15,18,23-27,29-31,34-41,46,49-50H,16-17,19-22H2,1-11H3/b14-12-,15-13+. The zero-order valence-corrected chi connectivity index (χ0v) is 36.1. The van der Waals surface area contributed by atoms with Crippen molar-refractivity contribution in [2.75, 3.05) is 21.2 Å². The minimum Gasteiger partial charge on any atom is -0.459 e. The van der Waals surface area contributed by atoms with Gasteiger partial charge in [-0.25, -0.2) is 0 Å². The van der Waals surface area contributed by atoms with Crippen molar-refractivity contribution in [3.63, 3.8) is 0 Å². The molecule has 0 amide bonds. The Bertz CT molecular complexity index is 1390. The highest BCUT2D eigenvalue weighted by Crippen LogP contribution is 2.38. The summed E-state index contributed by atoms with van der Waals surface area (Å²) in [5.41, 5.74) is -1.50. The number of allylic oxidation sites excluding steroid dienone is 2. The number of carbonyl (C=O) groups is 4. The molecule has 3 aliphatic rings. The van der Waals surface area contributed by atoms with Crippen LogP contribution in [0.1, 0.15) is 93.9 Å². The lowest BCUT2D eigenvalue weighted by molar-refractivity contribution is -0.344. The Morgan fingerprint density at radius 2 is 1.71 bits per heavy atom. The quantitative estimate of drug-likeness (QED) is 0.147. The maximum absolute atomic E-state index is 13.2. The summed E-state index contributed by atoms with van der Waals surface area (Å²) in [6, 6.07) is -0.780. The highest BCUT2D eigenvalue weighted by Gasteiger charge is 2.53. The molecule has 0 saturated carbocycles. The van der Waals surface area contributed by atoms with E-state index in [0.29, 0.717) is 6.42 Å². The summed E-state index contributed by atoms with van der Waals surface area (Å²) in [6.07, 6.45) is -4.12. The Hall–Kier alpha value is -2.80. The molecular formula is C42H69NO15. The number of esters is 3. The summed E-state index contributed by atoms with van der Waals surface area (Å²) in [6.45, 7) is 13.5. The number of aldehydes is 1. The van der Waals surface area contributed by atoms with Gasteiger partial charge in [-0.3, -0.25) is 14.4 Å². The zero-order valence-electron chi connectivity index (χ0n) is 36.1. The van der Waals surface area contributed by atoms with Crippen molar-refractivity contribution in [2.24, 2.45) is 17.8 Å². The summed E-state index contributed by atoms with van der Waals surface area (Å²) in [5.74, 6) is -2.78. The number of methoxy groups -OCH3 is 1. The van der Waals surface area contributed by atoms with Gasteiger partial charge in [-0.05, 0) is 78.5 Å². The molecule has 16 unspecified atom stereocenters. The van der Waals surface area contributed by atoms with Gasteiger partial charge in [0, 0.05) is 33.3 Å². The molecule has 16 nitrogen and oxygen atoms in total. The van der Waals surface area contributed by atoms with Crippen LogP contribution in [0.5, 0.6) is 0 Å². The summed E-state index contributed by atoms with van der Waals surface area (Å²) in [4.78, 5) is 52.3. The number of hydrogen-bond donors (Lipinski definition) is 3. The van der Waals surface area contributed by atoms with Gasteiger partial charge in [0.15, 0.2) is 18.7 Å². The lowest BCUT2D eigenvalue weighted by Crippen LogP contribution is -2.66. The first-order valence-electron chi connectivity index (χ1n) is 20.4. The molecule has 0 aromatic carbocycles. The molecule has 3 aliphatic heterocycles. The van der Waals surface area contributed by atoms with Crippen molar-refractivity contribution < 1.29 is 72.4 Å². The van der Waals surface area contributed by atoms with Gasteiger partial charge in [-0.2, -0.15) is 0 Å². The van der Waals surface area contributed by atoms with E-state index in [-0.39, 0.29) is 37.5 Å². The van der Waals surface area contributed by atoms with E-state index >= 15 is 0 Å². The highest BCUT2D eigenvalue weighted by molar-refractivity contribution is 5.72. The number of aliphatic hydroxyl groups is 3. The van der Waals surface area contributed by atoms with E-state index in [9.17, 15) is 34.5 Å². The van der Waals surface area contributed by atoms with Gasteiger partial charge in [0.1, 0.15) is 42.4 Å². The van der Waals surface area contributed by atoms with Crippen molar-refractivity contribution in [3.05, 3.63) is 24.3 Å². The van der Waals surface area contributed by atoms with Crippen molar-refractivity contribution in [2.45, 2.75) is 179 Å². The van der Waals surface area contributed by atoms with Crippen LogP contribution in [0, 0.1) is 17.8 Å². The van der Waals surface area contributed by atoms with E-state index in [1.54, 1.807) is 71.0 Å². The van der Waals surface area contributed by atoms with Gasteiger partial charge in [0.2, 0.25) is 0 Å². The molecule has 332 valence electrons. The fraction of sp³-hybridized carbons (Fsp3) is 0.810. The highest BCUT2D eigenvalue weighted by atomic mass is 16.7. The Morgan fingerprint density at radius 3 is 2.29 bits per heavy atom. The molecule has 0 aromatic rings. The molecule has 3 rings (SSSR count). The van der Waals surface area contributed by atoms with Crippen LogP contribution in [-0.2, 0) is 57.1 Å². The van der Waals surface area contributed by atoms with E-state index in [1.807, 2.05) is 20.8 Å². The largest absolute Gasteiger partial charge is 0.459 e. The third kappa shape index (κ3) is 14.2. The predicted octanol–water partition coefficient (Wildman–Crippen LogP) is 3.01. The van der Waals surface area contributed by atoms with Crippen LogP contribution in [0.15, 0.2) is 24.3 Å². The number of likely N-dealkylation sites (N-methyl/N-ethyl adjacent to an activating group) is 1. The zero-order chi connectivity index (χ0) is 43.5. The third-order valence-corrected chi connectivity index (χ3v) is 11.0. The Labute approximate surface area is 343 Å². The van der Waals surface area contributed by atoms with E-state index < -0.39 is 116 Å². The molecule has 2 saturated heterocycles. The van der Waals surface area contributed by atoms with Gasteiger partial charge in [0.25, 0.3) is 0 Å². The first-order chi connectivity index (χ1) is 27.2. The molecule has 58 heavy (non-hydrogen) atoms. The van der Waals surface area contributed by atoms with Crippen molar-refractivity contribution in [1.82, 2.24) is 4.90 Å². The average Bonchev–Trinajstić information content (AvgIpc) is 3.09. The molecular weight excluding hydrogens is 758 g/mol. The average molecular weight is 828 g/mol. The molecule has 0 aromatic heterocycles. The monoisotopic (exact) mass is 827 g/mol. The van der Waals surface area contributed by atoms with E-state index in [0.717, 1.165) is 6.29 Å². The second kappa shape index (κ2) is 22.7. The Kier molecular flexibility index (Phi) is 19.4. The predicted molar refractivity (Wildman–Crippen MR) is 210 cm³/mol. The second-order valence-electron chi connectivity index (χ2n) is 16.9. The molecule has 16 heteroatoms. The summed E-state index contributed by atoms with van der Waals surface area (Å²) in [7, 11) is 4.86. The van der Waals surface area contributed by atoms with Gasteiger partial charge in [-0.15, -0.1) is 0 Å². The number of rotatable bonds is 12. The van der Waals surface area contributed by atoms with E-state index in [4.69, 9.17) is 37.9 Å². The Balaban J connectivity index is 1.97. The van der Waals surface area contributed by atoms with Gasteiger partial charge in [-0.1, -0.05) is 39.0 Å². The summed E-state index contributed by atoms with van der Waals surface area (Å²) < 4.78 is 48.5. The molecule has 3 heterocycles. The molecule has 0 spiro atoms. The van der Waals surface area contributed by atoms with Crippen LogP contribution in [0.2, 0.25) is 0 Å². The number of ether oxygens (including phenoxy) is 8. The lowest BCUT2D eigenvalue weighted by atomic mass is 9.82. The Morgan fingerprint density at radius 1 is 1.02 bits per heavy atom. The third-order valence-electron chi connectivity index (χ3n) is 11.0. The molecule has 2 fully saturated rings. The van der Waals surface area contributed by atoms with Gasteiger partial charge < -0.3 is 62.9 Å². The summed E-state index contributed by atoms with van der Waals surface area (Å²) >= 11 is 0.